The van der Waals surface area contributed by atoms with Crippen molar-refractivity contribution >= 4 is 88.3 Å². The SMILES string of the molecule is CC1(C)c2ccccc2-c2c1n1c3c(cccc23)B2c3c(cc(N(c4ccccc4)c4ccccc4)cc3-1)-c1cccc3c4c5ccccc5sc4n2c13. The van der Waals surface area contributed by atoms with Crippen LogP contribution < -0.4 is 15.8 Å². The highest BCUT2D eigenvalue weighted by Crippen LogP contribution is 2.55. The monoisotopic (exact) mass is 705 g/mol. The van der Waals surface area contributed by atoms with Gasteiger partial charge in [0.05, 0.1) is 10.3 Å². The molecule has 3 aliphatic rings. The van der Waals surface area contributed by atoms with Crippen molar-refractivity contribution in [1.82, 2.24) is 9.05 Å². The van der Waals surface area contributed by atoms with E-state index in [0.29, 0.717) is 0 Å². The van der Waals surface area contributed by atoms with E-state index in [4.69, 9.17) is 0 Å². The van der Waals surface area contributed by atoms with Crippen molar-refractivity contribution in [3.8, 4) is 27.9 Å². The summed E-state index contributed by atoms with van der Waals surface area (Å²) >= 11 is 1.94. The topological polar surface area (TPSA) is 13.1 Å². The van der Waals surface area contributed by atoms with Crippen LogP contribution in [0.3, 0.4) is 0 Å². The molecule has 0 spiro atoms. The average molecular weight is 706 g/mol. The lowest BCUT2D eigenvalue weighted by atomic mass is 9.45. The summed E-state index contributed by atoms with van der Waals surface area (Å²) in [5.74, 6) is 0. The third-order valence-corrected chi connectivity index (χ3v) is 13.8. The van der Waals surface area contributed by atoms with E-state index in [1.165, 1.54) is 92.2 Å². The van der Waals surface area contributed by atoms with Crippen molar-refractivity contribution in [3.05, 3.63) is 169 Å². The molecule has 3 nitrogen and oxygen atoms in total. The molecule has 0 fully saturated rings. The molecular weight excluding hydrogens is 673 g/mol. The van der Waals surface area contributed by atoms with Crippen molar-refractivity contribution in [3.63, 3.8) is 0 Å². The summed E-state index contributed by atoms with van der Waals surface area (Å²) in [6.45, 7) is 4.88. The molecule has 5 heteroatoms. The fourth-order valence-electron chi connectivity index (χ4n) is 10.6. The molecule has 0 amide bonds. The van der Waals surface area contributed by atoms with E-state index in [2.05, 4.69) is 186 Å². The summed E-state index contributed by atoms with van der Waals surface area (Å²) in [5.41, 5.74) is 18.1. The molecular formula is C49H32BN3S. The Morgan fingerprint density at radius 2 is 1.24 bits per heavy atom. The Labute approximate surface area is 317 Å². The Morgan fingerprint density at radius 1 is 0.574 bits per heavy atom. The van der Waals surface area contributed by atoms with E-state index < -0.39 is 0 Å². The van der Waals surface area contributed by atoms with Gasteiger partial charge in [-0.2, -0.15) is 0 Å². The first-order valence-corrected chi connectivity index (χ1v) is 19.7. The summed E-state index contributed by atoms with van der Waals surface area (Å²) in [6.07, 6.45) is 0. The first-order valence-electron chi connectivity index (χ1n) is 18.9. The van der Waals surface area contributed by atoms with Crippen molar-refractivity contribution in [2.24, 2.45) is 0 Å². The molecule has 1 aliphatic carbocycles. The van der Waals surface area contributed by atoms with Gasteiger partial charge in [-0.1, -0.05) is 129 Å². The van der Waals surface area contributed by atoms with Gasteiger partial charge in [0.2, 0.25) is 0 Å². The van der Waals surface area contributed by atoms with Crippen LogP contribution in [0.1, 0.15) is 25.1 Å². The van der Waals surface area contributed by atoms with Gasteiger partial charge in [0, 0.05) is 76.7 Å². The molecule has 0 radical (unpaired) electrons. The lowest BCUT2D eigenvalue weighted by molar-refractivity contribution is 0.624. The predicted molar refractivity (Wildman–Crippen MR) is 230 cm³/mol. The summed E-state index contributed by atoms with van der Waals surface area (Å²) in [6, 6.07) is 58.9. The quantitative estimate of drug-likeness (QED) is 0.167. The molecule has 252 valence electrons. The van der Waals surface area contributed by atoms with Crippen LogP contribution in [0.25, 0.3) is 70.0 Å². The molecule has 2 aliphatic heterocycles. The largest absolute Gasteiger partial charge is 0.367 e. The highest BCUT2D eigenvalue weighted by molar-refractivity contribution is 7.26. The Kier molecular flexibility index (Phi) is 5.41. The zero-order valence-corrected chi connectivity index (χ0v) is 30.7. The number of aromatic nitrogens is 2. The molecule has 0 saturated carbocycles. The summed E-state index contributed by atoms with van der Waals surface area (Å²) < 4.78 is 6.75. The second kappa shape index (κ2) is 10.0. The van der Waals surface area contributed by atoms with Crippen LogP contribution in [0.5, 0.6) is 0 Å². The molecule has 54 heavy (non-hydrogen) atoms. The number of hydrogen-bond acceptors (Lipinski definition) is 2. The van der Waals surface area contributed by atoms with Gasteiger partial charge in [0.25, 0.3) is 0 Å². The number of hydrogen-bond donors (Lipinski definition) is 0. The smallest absolute Gasteiger partial charge is 0.333 e. The van der Waals surface area contributed by atoms with E-state index in [1.807, 2.05) is 11.3 Å². The fraction of sp³-hybridized carbons (Fsp3) is 0.0612. The van der Waals surface area contributed by atoms with E-state index >= 15 is 0 Å². The lowest BCUT2D eigenvalue weighted by Crippen LogP contribution is -2.55. The van der Waals surface area contributed by atoms with Crippen molar-refractivity contribution in [2.75, 3.05) is 4.90 Å². The molecule has 10 aromatic rings. The number of rotatable bonds is 3. The zero-order chi connectivity index (χ0) is 35.4. The molecule has 7 aromatic carbocycles. The third kappa shape index (κ3) is 3.41. The maximum absolute atomic E-state index is 2.72. The van der Waals surface area contributed by atoms with Crippen LogP contribution in [0, 0.1) is 0 Å². The summed E-state index contributed by atoms with van der Waals surface area (Å²) in [7, 11) is 0. The third-order valence-electron chi connectivity index (χ3n) is 12.6. The summed E-state index contributed by atoms with van der Waals surface area (Å²) in [5, 5.41) is 5.41. The Morgan fingerprint density at radius 3 is 2.06 bits per heavy atom. The summed E-state index contributed by atoms with van der Waals surface area (Å²) in [4.78, 5) is 3.79. The minimum Gasteiger partial charge on any atom is -0.367 e. The first kappa shape index (κ1) is 29.2. The van der Waals surface area contributed by atoms with Gasteiger partial charge in [-0.3, -0.25) is 0 Å². The molecule has 5 heterocycles. The van der Waals surface area contributed by atoms with Crippen LogP contribution in [0.15, 0.2) is 158 Å². The first-order chi connectivity index (χ1) is 26.6. The van der Waals surface area contributed by atoms with Gasteiger partial charge in [-0.25, -0.2) is 0 Å². The number of thiophene rings is 1. The highest BCUT2D eigenvalue weighted by atomic mass is 32.1. The molecule has 0 bridgehead atoms. The molecule has 0 atom stereocenters. The van der Waals surface area contributed by atoms with Gasteiger partial charge >= 0.3 is 6.85 Å². The van der Waals surface area contributed by atoms with E-state index in [9.17, 15) is 0 Å². The molecule has 0 saturated heterocycles. The number of nitrogens with zero attached hydrogens (tertiary/aromatic N) is 3. The molecule has 13 rings (SSSR count). The Bertz CT molecular complexity index is 3220. The van der Waals surface area contributed by atoms with E-state index in [0.717, 1.165) is 17.1 Å². The van der Waals surface area contributed by atoms with Crippen LogP contribution >= 0.6 is 11.3 Å². The molecule has 0 N–H and O–H groups in total. The Balaban J connectivity index is 1.24. The normalized spacial score (nSPS) is 14.2. The van der Waals surface area contributed by atoms with Gasteiger partial charge < -0.3 is 13.9 Å². The van der Waals surface area contributed by atoms with Crippen molar-refractivity contribution < 1.29 is 0 Å². The maximum Gasteiger partial charge on any atom is 0.333 e. The minimum absolute atomic E-state index is 0.0264. The lowest BCUT2D eigenvalue weighted by Gasteiger charge is -2.37. The van der Waals surface area contributed by atoms with Crippen LogP contribution in [-0.2, 0) is 5.41 Å². The van der Waals surface area contributed by atoms with E-state index in [1.54, 1.807) is 0 Å². The van der Waals surface area contributed by atoms with E-state index in [-0.39, 0.29) is 12.3 Å². The number of benzene rings is 7. The fourth-order valence-corrected chi connectivity index (χ4v) is 11.8. The van der Waals surface area contributed by atoms with Crippen molar-refractivity contribution in [1.29, 1.82) is 0 Å². The second-order valence-electron chi connectivity index (χ2n) is 15.7. The van der Waals surface area contributed by atoms with Gasteiger partial charge in [-0.05, 0) is 70.1 Å². The zero-order valence-electron chi connectivity index (χ0n) is 29.8. The number of para-hydroxylation sites is 4. The van der Waals surface area contributed by atoms with Crippen LogP contribution in [-0.4, -0.2) is 15.9 Å². The minimum atomic E-state index is -0.192. The Hall–Kier alpha value is -6.30. The molecule has 0 unspecified atom stereocenters. The van der Waals surface area contributed by atoms with Crippen LogP contribution in [0.4, 0.5) is 17.1 Å². The predicted octanol–water partition coefficient (Wildman–Crippen LogP) is 11.7. The second-order valence-corrected chi connectivity index (χ2v) is 16.7. The van der Waals surface area contributed by atoms with Crippen molar-refractivity contribution in [2.45, 2.75) is 19.3 Å². The van der Waals surface area contributed by atoms with Gasteiger partial charge in [0.1, 0.15) is 0 Å². The highest BCUT2D eigenvalue weighted by Gasteiger charge is 2.47. The number of fused-ring (bicyclic) bond motifs is 14. The maximum atomic E-state index is 2.72. The van der Waals surface area contributed by atoms with Gasteiger partial charge in [-0.15, -0.1) is 11.3 Å². The molecule has 3 aromatic heterocycles. The van der Waals surface area contributed by atoms with Gasteiger partial charge in [0.15, 0.2) is 0 Å². The average Bonchev–Trinajstić information content (AvgIpc) is 3.93. The van der Waals surface area contributed by atoms with Crippen LogP contribution in [0.2, 0.25) is 0 Å². The standard InChI is InChI=1S/C49H32BN3S/c1-49(2)38-24-11-9-19-33(38)42-35-23-14-25-39-46(35)52(47(42)49)40-28-31(51(29-15-5-3-6-16-29)30-17-7-4-8-18-30)27-37-32-21-13-22-36-43-34-20-10-12-26-41(34)54-48(43)53(45(32)36)50(39)44(37)40/h3-28H,1-2H3. The number of anilines is 3.